The fourth-order valence-corrected chi connectivity index (χ4v) is 2.97. The summed E-state index contributed by atoms with van der Waals surface area (Å²) < 4.78 is 41.1. The minimum Gasteiger partial charge on any atom is -0.335 e. The molecule has 136 valence electrons. The van der Waals surface area contributed by atoms with E-state index in [0.717, 1.165) is 23.4 Å². The van der Waals surface area contributed by atoms with Gasteiger partial charge in [0.15, 0.2) is 0 Å². The van der Waals surface area contributed by atoms with Gasteiger partial charge in [-0.3, -0.25) is 4.79 Å². The van der Waals surface area contributed by atoms with Crippen molar-refractivity contribution in [1.29, 1.82) is 0 Å². The van der Waals surface area contributed by atoms with Gasteiger partial charge in [-0.05, 0) is 54.6 Å². The minimum atomic E-state index is -4.52. The average Bonchev–Trinajstić information content (AvgIpc) is 3.03. The number of para-hydroxylation sites is 1. The number of aromatic nitrogens is 1. The molecule has 0 radical (unpaired) electrons. The number of halogens is 3. The van der Waals surface area contributed by atoms with Crippen LogP contribution in [0.4, 0.5) is 18.9 Å². The van der Waals surface area contributed by atoms with Gasteiger partial charge in [0.25, 0.3) is 0 Å². The molecule has 26 heavy (non-hydrogen) atoms. The highest BCUT2D eigenvalue weighted by molar-refractivity contribution is 5.95. The van der Waals surface area contributed by atoms with Crippen molar-refractivity contribution in [2.24, 2.45) is 0 Å². The van der Waals surface area contributed by atoms with Gasteiger partial charge in [-0.15, -0.1) is 0 Å². The van der Waals surface area contributed by atoms with Crippen LogP contribution in [0, 0.1) is 0 Å². The summed E-state index contributed by atoms with van der Waals surface area (Å²) >= 11 is 0. The third-order valence-electron chi connectivity index (χ3n) is 4.48. The van der Waals surface area contributed by atoms with Gasteiger partial charge in [0.2, 0.25) is 5.91 Å². The quantitative estimate of drug-likeness (QED) is 0.662. The van der Waals surface area contributed by atoms with Crippen molar-refractivity contribution >= 4 is 22.5 Å². The number of nitrogens with one attached hydrogen (secondary N) is 1. The van der Waals surface area contributed by atoms with E-state index in [1.54, 1.807) is 17.7 Å². The van der Waals surface area contributed by atoms with Crippen molar-refractivity contribution in [1.82, 2.24) is 4.57 Å². The van der Waals surface area contributed by atoms with Gasteiger partial charge < -0.3 is 9.88 Å². The zero-order valence-corrected chi connectivity index (χ0v) is 14.5. The Morgan fingerprint density at radius 3 is 2.58 bits per heavy atom. The molecule has 0 aliphatic rings. The number of aryl methyl sites for hydroxylation is 1. The highest BCUT2D eigenvalue weighted by Crippen LogP contribution is 2.35. The maximum atomic E-state index is 13.1. The molecule has 3 aromatic rings. The van der Waals surface area contributed by atoms with E-state index in [0.29, 0.717) is 0 Å². The Balaban J connectivity index is 1.88. The smallest absolute Gasteiger partial charge is 0.335 e. The number of nitrogens with zero attached hydrogens (tertiary/aromatic N) is 1. The first-order valence-corrected chi connectivity index (χ1v) is 8.38. The summed E-state index contributed by atoms with van der Waals surface area (Å²) in [5, 5.41) is 3.41. The van der Waals surface area contributed by atoms with Gasteiger partial charge in [0.1, 0.15) is 6.04 Å². The van der Waals surface area contributed by atoms with Crippen LogP contribution in [0.3, 0.4) is 0 Å². The van der Waals surface area contributed by atoms with Gasteiger partial charge in [-0.25, -0.2) is 0 Å². The topological polar surface area (TPSA) is 34.0 Å². The highest BCUT2D eigenvalue weighted by Gasteiger charge is 2.34. The normalized spacial score (nSPS) is 13.0. The standard InChI is InChI=1S/C20H19F3N2O/c1-3-14-8-9-18-15(12-14)10-11-25(18)13(2)19(26)24-17-7-5-4-6-16(17)20(21,22)23/h4-13H,3H2,1-2H3,(H,24,26). The monoisotopic (exact) mass is 360 g/mol. The molecule has 1 unspecified atom stereocenters. The van der Waals surface area contributed by atoms with Crippen molar-refractivity contribution in [3.05, 3.63) is 65.9 Å². The van der Waals surface area contributed by atoms with Crippen LogP contribution < -0.4 is 5.32 Å². The van der Waals surface area contributed by atoms with Crippen molar-refractivity contribution in [2.45, 2.75) is 32.5 Å². The molecule has 1 aromatic heterocycles. The molecule has 0 saturated carbocycles. The number of rotatable bonds is 4. The second-order valence-corrected chi connectivity index (χ2v) is 6.18. The Hall–Kier alpha value is -2.76. The number of hydrogen-bond acceptors (Lipinski definition) is 1. The van der Waals surface area contributed by atoms with E-state index < -0.39 is 23.7 Å². The third-order valence-corrected chi connectivity index (χ3v) is 4.48. The predicted molar refractivity (Wildman–Crippen MR) is 96.1 cm³/mol. The van der Waals surface area contributed by atoms with Gasteiger partial charge in [-0.1, -0.05) is 25.1 Å². The maximum absolute atomic E-state index is 13.1. The molecular weight excluding hydrogens is 341 g/mol. The summed E-state index contributed by atoms with van der Waals surface area (Å²) in [7, 11) is 0. The Bertz CT molecular complexity index is 944. The largest absolute Gasteiger partial charge is 0.418 e. The number of carbonyl (C=O) groups is 1. The summed E-state index contributed by atoms with van der Waals surface area (Å²) in [6, 6.07) is 12.2. The van der Waals surface area contributed by atoms with E-state index in [-0.39, 0.29) is 5.69 Å². The molecule has 0 spiro atoms. The molecule has 1 heterocycles. The summed E-state index contributed by atoms with van der Waals surface area (Å²) in [4.78, 5) is 12.6. The first-order valence-electron chi connectivity index (χ1n) is 8.38. The maximum Gasteiger partial charge on any atom is 0.418 e. The summed E-state index contributed by atoms with van der Waals surface area (Å²) in [6.45, 7) is 3.73. The fourth-order valence-electron chi connectivity index (χ4n) is 2.97. The Morgan fingerprint density at radius 2 is 1.88 bits per heavy atom. The van der Waals surface area contributed by atoms with E-state index in [1.807, 2.05) is 18.2 Å². The van der Waals surface area contributed by atoms with Gasteiger partial charge >= 0.3 is 6.18 Å². The average molecular weight is 360 g/mol. The molecule has 0 saturated heterocycles. The first-order chi connectivity index (χ1) is 12.3. The second-order valence-electron chi connectivity index (χ2n) is 6.18. The molecule has 3 rings (SSSR count). The molecule has 0 bridgehead atoms. The number of amides is 1. The molecule has 0 aliphatic heterocycles. The summed E-state index contributed by atoms with van der Waals surface area (Å²) in [5.74, 6) is -0.501. The highest BCUT2D eigenvalue weighted by atomic mass is 19.4. The van der Waals surface area contributed by atoms with Crippen molar-refractivity contribution in [3.8, 4) is 0 Å². The van der Waals surface area contributed by atoms with Crippen molar-refractivity contribution in [2.75, 3.05) is 5.32 Å². The third kappa shape index (κ3) is 3.45. The molecule has 0 fully saturated rings. The SMILES string of the molecule is CCc1ccc2c(ccn2C(C)C(=O)Nc2ccccc2C(F)(F)F)c1. The zero-order chi connectivity index (χ0) is 18.9. The van der Waals surface area contributed by atoms with Crippen molar-refractivity contribution < 1.29 is 18.0 Å². The molecule has 1 N–H and O–H groups in total. The molecule has 2 aromatic carbocycles. The molecule has 6 heteroatoms. The van der Waals surface area contributed by atoms with Crippen molar-refractivity contribution in [3.63, 3.8) is 0 Å². The lowest BCUT2D eigenvalue weighted by atomic mass is 10.1. The minimum absolute atomic E-state index is 0.235. The lowest BCUT2D eigenvalue weighted by molar-refractivity contribution is -0.137. The number of anilines is 1. The van der Waals surface area contributed by atoms with E-state index in [2.05, 4.69) is 18.3 Å². The van der Waals surface area contributed by atoms with Crippen LogP contribution in [0.1, 0.15) is 31.0 Å². The lowest BCUT2D eigenvalue weighted by Gasteiger charge is -2.18. The van der Waals surface area contributed by atoms with E-state index in [9.17, 15) is 18.0 Å². The number of alkyl halides is 3. The van der Waals surface area contributed by atoms with E-state index in [1.165, 1.54) is 23.8 Å². The van der Waals surface area contributed by atoms with Crippen LogP contribution in [-0.2, 0) is 17.4 Å². The van der Waals surface area contributed by atoms with Gasteiger partial charge in [0, 0.05) is 11.7 Å². The summed E-state index contributed by atoms with van der Waals surface area (Å²) in [6.07, 6.45) is -1.83. The molecule has 1 atom stereocenters. The fraction of sp³-hybridized carbons (Fsp3) is 0.250. The number of fused-ring (bicyclic) bond motifs is 1. The van der Waals surface area contributed by atoms with Crippen LogP contribution in [0.25, 0.3) is 10.9 Å². The Morgan fingerprint density at radius 1 is 1.15 bits per heavy atom. The number of hydrogen-bond donors (Lipinski definition) is 1. The molecular formula is C20H19F3N2O. The van der Waals surface area contributed by atoms with Crippen LogP contribution in [-0.4, -0.2) is 10.5 Å². The second kappa shape index (κ2) is 6.86. The van der Waals surface area contributed by atoms with Gasteiger partial charge in [-0.2, -0.15) is 13.2 Å². The van der Waals surface area contributed by atoms with Crippen LogP contribution in [0.15, 0.2) is 54.7 Å². The van der Waals surface area contributed by atoms with Crippen LogP contribution >= 0.6 is 0 Å². The summed E-state index contributed by atoms with van der Waals surface area (Å²) in [5.41, 5.74) is 0.965. The number of carbonyl (C=O) groups excluding carboxylic acids is 1. The van der Waals surface area contributed by atoms with Gasteiger partial charge in [0.05, 0.1) is 11.3 Å². The van der Waals surface area contributed by atoms with Crippen LogP contribution in [0.5, 0.6) is 0 Å². The predicted octanol–water partition coefficient (Wildman–Crippen LogP) is 5.42. The van der Waals surface area contributed by atoms with E-state index in [4.69, 9.17) is 0 Å². The molecule has 1 amide bonds. The number of benzene rings is 2. The Kier molecular flexibility index (Phi) is 4.76. The molecule has 3 nitrogen and oxygen atoms in total. The Labute approximate surface area is 149 Å². The lowest BCUT2D eigenvalue weighted by Crippen LogP contribution is -2.24. The first kappa shape index (κ1) is 18.0. The molecule has 0 aliphatic carbocycles. The van der Waals surface area contributed by atoms with Crippen LogP contribution in [0.2, 0.25) is 0 Å². The zero-order valence-electron chi connectivity index (χ0n) is 14.5. The van der Waals surface area contributed by atoms with E-state index >= 15 is 0 Å².